The molecule has 0 saturated carbocycles. The monoisotopic (exact) mass is 258 g/mol. The van der Waals surface area contributed by atoms with Gasteiger partial charge in [-0.2, -0.15) is 8.61 Å². The van der Waals surface area contributed by atoms with E-state index in [1.807, 2.05) is 0 Å². The van der Waals surface area contributed by atoms with Crippen LogP contribution in [0.4, 0.5) is 0 Å². The first-order valence-electron chi connectivity index (χ1n) is 4.55. The van der Waals surface area contributed by atoms with Gasteiger partial charge >= 0.3 is 0 Å². The molecule has 0 fully saturated rings. The zero-order valence-electron chi connectivity index (χ0n) is 9.47. The van der Waals surface area contributed by atoms with Crippen LogP contribution in [-0.2, 0) is 20.0 Å². The van der Waals surface area contributed by atoms with Crippen LogP contribution in [0.3, 0.4) is 0 Å². The van der Waals surface area contributed by atoms with Crippen molar-refractivity contribution in [2.75, 3.05) is 32.3 Å². The van der Waals surface area contributed by atoms with E-state index in [4.69, 9.17) is 0 Å². The summed E-state index contributed by atoms with van der Waals surface area (Å²) in [5, 5.41) is 0. The Morgan fingerprint density at radius 2 is 1.07 bits per heavy atom. The molecule has 8 heteroatoms. The molecule has 0 aliphatic rings. The van der Waals surface area contributed by atoms with Crippen molar-refractivity contribution >= 4 is 20.0 Å². The number of hydrogen-bond acceptors (Lipinski definition) is 4. The van der Waals surface area contributed by atoms with E-state index >= 15 is 0 Å². The van der Waals surface area contributed by atoms with E-state index < -0.39 is 20.0 Å². The fourth-order valence-electron chi connectivity index (χ4n) is 0.897. The van der Waals surface area contributed by atoms with Crippen LogP contribution in [0.25, 0.3) is 0 Å². The lowest BCUT2D eigenvalue weighted by Crippen LogP contribution is -2.41. The number of rotatable bonds is 6. The Morgan fingerprint density at radius 3 is 1.27 bits per heavy atom. The summed E-state index contributed by atoms with van der Waals surface area (Å²) in [5.74, 6) is -0.0764. The van der Waals surface area contributed by atoms with E-state index in [9.17, 15) is 16.8 Å². The van der Waals surface area contributed by atoms with Crippen LogP contribution in [0.1, 0.15) is 13.8 Å². The molecule has 0 aromatic carbocycles. The maximum Gasteiger partial charge on any atom is 0.214 e. The van der Waals surface area contributed by atoms with Crippen LogP contribution in [0.15, 0.2) is 0 Å². The molecule has 0 aliphatic heterocycles. The molecular weight excluding hydrogens is 240 g/mol. The first kappa shape index (κ1) is 14.8. The maximum atomic E-state index is 11.4. The lowest BCUT2D eigenvalue weighted by atomic mass is 11.0. The van der Waals surface area contributed by atoms with Gasteiger partial charge in [-0.25, -0.2) is 16.8 Å². The van der Waals surface area contributed by atoms with Crippen molar-refractivity contribution in [2.24, 2.45) is 0 Å². The van der Waals surface area contributed by atoms with Gasteiger partial charge in [-0.05, 0) is 13.8 Å². The van der Waals surface area contributed by atoms with Gasteiger partial charge in [0.15, 0.2) is 0 Å². The van der Waals surface area contributed by atoms with Crippen LogP contribution in [0.5, 0.6) is 0 Å². The van der Waals surface area contributed by atoms with Gasteiger partial charge in [0.1, 0.15) is 0 Å². The molecule has 0 bridgehead atoms. The standard InChI is InChI=1S/C7H18N2O4S2/c1-5-14(10,11)8(3)7-9(4)15(12,13)6-2/h5-7H2,1-4H3. The van der Waals surface area contributed by atoms with E-state index in [0.29, 0.717) is 0 Å². The number of nitrogens with zero attached hydrogens (tertiary/aromatic N) is 2. The maximum absolute atomic E-state index is 11.4. The summed E-state index contributed by atoms with van der Waals surface area (Å²) in [7, 11) is -3.95. The predicted molar refractivity (Wildman–Crippen MR) is 59.3 cm³/mol. The molecule has 15 heavy (non-hydrogen) atoms. The van der Waals surface area contributed by atoms with Crippen molar-refractivity contribution < 1.29 is 16.8 Å². The van der Waals surface area contributed by atoms with Gasteiger partial charge in [0, 0.05) is 14.1 Å². The van der Waals surface area contributed by atoms with Crippen molar-refractivity contribution in [1.29, 1.82) is 0 Å². The van der Waals surface area contributed by atoms with Crippen LogP contribution < -0.4 is 0 Å². The molecule has 0 radical (unpaired) electrons. The van der Waals surface area contributed by atoms with Crippen LogP contribution in [-0.4, -0.2) is 57.7 Å². The van der Waals surface area contributed by atoms with Crippen molar-refractivity contribution in [3.63, 3.8) is 0 Å². The topological polar surface area (TPSA) is 74.8 Å². The third-order valence-electron chi connectivity index (χ3n) is 2.08. The first-order valence-corrected chi connectivity index (χ1v) is 7.77. The Morgan fingerprint density at radius 1 is 0.800 bits per heavy atom. The Balaban J connectivity index is 4.65. The average Bonchev–Trinajstić information content (AvgIpc) is 2.17. The number of sulfonamides is 2. The summed E-state index contributed by atoms with van der Waals surface area (Å²) >= 11 is 0. The van der Waals surface area contributed by atoms with Gasteiger partial charge in [-0.15, -0.1) is 0 Å². The molecule has 0 aromatic rings. The van der Waals surface area contributed by atoms with Crippen molar-refractivity contribution in [1.82, 2.24) is 8.61 Å². The van der Waals surface area contributed by atoms with E-state index in [0.717, 1.165) is 8.61 Å². The molecule has 0 unspecified atom stereocenters. The minimum atomic E-state index is -3.33. The fourth-order valence-corrected chi connectivity index (χ4v) is 2.55. The molecular formula is C7H18N2O4S2. The van der Waals surface area contributed by atoms with Crippen molar-refractivity contribution in [3.05, 3.63) is 0 Å². The summed E-state index contributed by atoms with van der Waals surface area (Å²) in [6.45, 7) is 2.88. The average molecular weight is 258 g/mol. The Kier molecular flexibility index (Phi) is 5.18. The molecule has 0 saturated heterocycles. The Bertz CT molecular complexity index is 349. The molecule has 92 valence electrons. The van der Waals surface area contributed by atoms with Gasteiger partial charge in [-0.3, -0.25) is 0 Å². The minimum absolute atomic E-state index is 0.0382. The van der Waals surface area contributed by atoms with E-state index in [2.05, 4.69) is 0 Å². The number of hydrogen-bond donors (Lipinski definition) is 0. The molecule has 0 spiro atoms. The SMILES string of the molecule is CCS(=O)(=O)N(C)CN(C)S(=O)(=O)CC. The van der Waals surface area contributed by atoms with Crippen molar-refractivity contribution in [3.8, 4) is 0 Å². The molecule has 0 rings (SSSR count). The predicted octanol–water partition coefficient (Wildman–Crippen LogP) is -0.493. The van der Waals surface area contributed by atoms with E-state index in [1.165, 1.54) is 27.9 Å². The summed E-state index contributed by atoms with van der Waals surface area (Å²) < 4.78 is 47.5. The molecule has 6 nitrogen and oxygen atoms in total. The molecule has 0 N–H and O–H groups in total. The van der Waals surface area contributed by atoms with Gasteiger partial charge in [0.2, 0.25) is 20.0 Å². The first-order chi connectivity index (χ1) is 6.67. The Hall–Kier alpha value is -0.180. The van der Waals surface area contributed by atoms with E-state index in [1.54, 1.807) is 0 Å². The second-order valence-corrected chi connectivity index (χ2v) is 7.87. The summed E-state index contributed by atoms with van der Waals surface area (Å²) in [5.41, 5.74) is 0. The van der Waals surface area contributed by atoms with Gasteiger partial charge < -0.3 is 0 Å². The molecule has 0 aliphatic carbocycles. The molecule has 0 heterocycles. The van der Waals surface area contributed by atoms with Gasteiger partial charge in [0.05, 0.1) is 18.2 Å². The highest BCUT2D eigenvalue weighted by Gasteiger charge is 2.22. The van der Waals surface area contributed by atoms with Gasteiger partial charge in [-0.1, -0.05) is 0 Å². The smallest absolute Gasteiger partial charge is 0.212 e. The molecule has 0 amide bonds. The summed E-state index contributed by atoms with van der Waals surface area (Å²) in [6, 6.07) is 0. The minimum Gasteiger partial charge on any atom is -0.212 e. The third kappa shape index (κ3) is 4.06. The molecule has 0 aromatic heterocycles. The lowest BCUT2D eigenvalue weighted by Gasteiger charge is -2.22. The van der Waals surface area contributed by atoms with Gasteiger partial charge in [0.25, 0.3) is 0 Å². The summed E-state index contributed by atoms with van der Waals surface area (Å²) in [4.78, 5) is 0. The second kappa shape index (κ2) is 5.24. The van der Waals surface area contributed by atoms with Crippen LogP contribution in [0, 0.1) is 0 Å². The highest BCUT2D eigenvalue weighted by atomic mass is 32.2. The third-order valence-corrected chi connectivity index (χ3v) is 5.67. The van der Waals surface area contributed by atoms with E-state index in [-0.39, 0.29) is 18.2 Å². The van der Waals surface area contributed by atoms with Crippen molar-refractivity contribution in [2.45, 2.75) is 13.8 Å². The highest BCUT2D eigenvalue weighted by molar-refractivity contribution is 7.89. The fraction of sp³-hybridized carbons (Fsp3) is 1.00. The zero-order valence-corrected chi connectivity index (χ0v) is 11.1. The lowest BCUT2D eigenvalue weighted by molar-refractivity contribution is 0.352. The Labute approximate surface area is 92.0 Å². The van der Waals surface area contributed by atoms with Crippen LogP contribution in [0.2, 0.25) is 0 Å². The largest absolute Gasteiger partial charge is 0.214 e. The zero-order chi connectivity index (χ0) is 12.3. The summed E-state index contributed by atoms with van der Waals surface area (Å²) in [6.07, 6.45) is 0. The van der Waals surface area contributed by atoms with Crippen LogP contribution >= 0.6 is 0 Å². The normalized spacial score (nSPS) is 13.7. The molecule has 0 atom stereocenters. The highest BCUT2D eigenvalue weighted by Crippen LogP contribution is 2.03. The second-order valence-electron chi connectivity index (χ2n) is 3.14. The quantitative estimate of drug-likeness (QED) is 0.602.